The lowest BCUT2D eigenvalue weighted by molar-refractivity contribution is 0.504. The number of hydrogen-bond donors (Lipinski definition) is 0. The van der Waals surface area contributed by atoms with E-state index in [0.29, 0.717) is 5.76 Å². The molecule has 2 nitrogen and oxygen atoms in total. The van der Waals surface area contributed by atoms with Crippen LogP contribution in [-0.2, 0) is 6.42 Å². The minimum Gasteiger partial charge on any atom is -0.451 e. The molecular weight excluding hydrogens is 138 g/mol. The SMILES string of the molecule is CC.CCc1ccc(C#N)o1. The molecule has 0 fully saturated rings. The van der Waals surface area contributed by atoms with E-state index < -0.39 is 0 Å². The molecule has 0 saturated carbocycles. The van der Waals surface area contributed by atoms with E-state index in [0.717, 1.165) is 12.2 Å². The molecule has 0 radical (unpaired) electrons. The predicted octanol–water partition coefficient (Wildman–Crippen LogP) is 2.74. The smallest absolute Gasteiger partial charge is 0.203 e. The van der Waals surface area contributed by atoms with Gasteiger partial charge in [-0.25, -0.2) is 0 Å². The first-order valence-electron chi connectivity index (χ1n) is 3.85. The molecule has 0 saturated heterocycles. The third kappa shape index (κ3) is 2.90. The van der Waals surface area contributed by atoms with Crippen molar-refractivity contribution in [3.8, 4) is 6.07 Å². The first-order chi connectivity index (χ1) is 5.36. The van der Waals surface area contributed by atoms with Crippen LogP contribution in [0, 0.1) is 11.3 Å². The normalized spacial score (nSPS) is 7.82. The second kappa shape index (κ2) is 5.55. The number of rotatable bonds is 1. The zero-order valence-electron chi connectivity index (χ0n) is 7.22. The Balaban J connectivity index is 0.000000461. The summed E-state index contributed by atoms with van der Waals surface area (Å²) in [5.41, 5.74) is 0. The summed E-state index contributed by atoms with van der Waals surface area (Å²) in [6, 6.07) is 5.41. The quantitative estimate of drug-likeness (QED) is 0.618. The van der Waals surface area contributed by atoms with Crippen molar-refractivity contribution in [3.63, 3.8) is 0 Å². The van der Waals surface area contributed by atoms with Crippen molar-refractivity contribution in [1.82, 2.24) is 0 Å². The van der Waals surface area contributed by atoms with Crippen molar-refractivity contribution in [2.24, 2.45) is 0 Å². The Bertz CT molecular complexity index is 232. The fraction of sp³-hybridized carbons (Fsp3) is 0.444. The van der Waals surface area contributed by atoms with Crippen LogP contribution in [0.25, 0.3) is 0 Å². The molecule has 1 aromatic rings. The standard InChI is InChI=1S/C7H7NO.C2H6/c1-2-6-3-4-7(5-8)9-6;1-2/h3-4H,2H2,1H3;1-2H3. The molecule has 0 spiro atoms. The number of aryl methyl sites for hydroxylation is 1. The molecule has 0 N–H and O–H groups in total. The van der Waals surface area contributed by atoms with Crippen molar-refractivity contribution in [2.45, 2.75) is 27.2 Å². The Morgan fingerprint density at radius 2 is 2.09 bits per heavy atom. The molecule has 0 atom stereocenters. The van der Waals surface area contributed by atoms with Gasteiger partial charge >= 0.3 is 0 Å². The van der Waals surface area contributed by atoms with E-state index in [1.54, 1.807) is 6.07 Å². The van der Waals surface area contributed by atoms with Crippen LogP contribution in [0.1, 0.15) is 32.3 Å². The average molecular weight is 151 g/mol. The van der Waals surface area contributed by atoms with E-state index in [2.05, 4.69) is 0 Å². The van der Waals surface area contributed by atoms with Crippen molar-refractivity contribution < 1.29 is 4.42 Å². The largest absolute Gasteiger partial charge is 0.451 e. The molecule has 0 bridgehead atoms. The Labute approximate surface area is 67.4 Å². The molecule has 0 aliphatic rings. The van der Waals surface area contributed by atoms with Gasteiger partial charge in [0.05, 0.1) is 0 Å². The Morgan fingerprint density at radius 3 is 2.36 bits per heavy atom. The van der Waals surface area contributed by atoms with Crippen LogP contribution in [0.2, 0.25) is 0 Å². The summed E-state index contributed by atoms with van der Waals surface area (Å²) in [6.07, 6.45) is 0.849. The third-order valence-corrected chi connectivity index (χ3v) is 1.12. The van der Waals surface area contributed by atoms with Gasteiger partial charge in [-0.1, -0.05) is 20.8 Å². The van der Waals surface area contributed by atoms with E-state index in [9.17, 15) is 0 Å². The van der Waals surface area contributed by atoms with E-state index in [1.165, 1.54) is 0 Å². The van der Waals surface area contributed by atoms with Gasteiger partial charge in [-0.3, -0.25) is 0 Å². The Morgan fingerprint density at radius 1 is 1.45 bits per heavy atom. The summed E-state index contributed by atoms with van der Waals surface area (Å²) < 4.78 is 5.02. The highest BCUT2D eigenvalue weighted by Crippen LogP contribution is 2.05. The molecule has 1 aromatic heterocycles. The number of nitriles is 1. The lowest BCUT2D eigenvalue weighted by Gasteiger charge is -1.81. The van der Waals surface area contributed by atoms with Gasteiger partial charge in [0, 0.05) is 6.42 Å². The molecule has 0 aliphatic carbocycles. The van der Waals surface area contributed by atoms with Crippen molar-refractivity contribution in [3.05, 3.63) is 23.7 Å². The Hall–Kier alpha value is -1.23. The van der Waals surface area contributed by atoms with E-state index in [4.69, 9.17) is 9.68 Å². The van der Waals surface area contributed by atoms with Gasteiger partial charge in [0.15, 0.2) is 0 Å². The summed E-state index contributed by atoms with van der Waals surface area (Å²) in [5, 5.41) is 8.30. The first kappa shape index (κ1) is 9.77. The minimum atomic E-state index is 0.395. The second-order valence-corrected chi connectivity index (χ2v) is 1.73. The highest BCUT2D eigenvalue weighted by Gasteiger charge is 1.95. The molecule has 0 amide bonds. The second-order valence-electron chi connectivity index (χ2n) is 1.73. The highest BCUT2D eigenvalue weighted by molar-refractivity contribution is 5.18. The lowest BCUT2D eigenvalue weighted by atomic mass is 10.4. The van der Waals surface area contributed by atoms with Gasteiger partial charge in [-0.2, -0.15) is 5.26 Å². The average Bonchev–Trinajstić information content (AvgIpc) is 2.55. The molecule has 0 unspecified atom stereocenters. The Kier molecular flexibility index (Phi) is 4.93. The monoisotopic (exact) mass is 151 g/mol. The van der Waals surface area contributed by atoms with Crippen LogP contribution in [0.5, 0.6) is 0 Å². The highest BCUT2D eigenvalue weighted by atomic mass is 16.3. The topological polar surface area (TPSA) is 36.9 Å². The summed E-state index contributed by atoms with van der Waals surface area (Å²) in [7, 11) is 0. The van der Waals surface area contributed by atoms with E-state index >= 15 is 0 Å². The number of nitrogens with zero attached hydrogens (tertiary/aromatic N) is 1. The number of furan rings is 1. The summed E-state index contributed by atoms with van der Waals surface area (Å²) in [4.78, 5) is 0. The van der Waals surface area contributed by atoms with Crippen LogP contribution in [0.3, 0.4) is 0 Å². The molecule has 1 rings (SSSR count). The van der Waals surface area contributed by atoms with Gasteiger partial charge in [0.1, 0.15) is 11.8 Å². The zero-order valence-corrected chi connectivity index (χ0v) is 7.22. The summed E-state index contributed by atoms with van der Waals surface area (Å²) in [5.74, 6) is 1.26. The van der Waals surface area contributed by atoms with Crippen LogP contribution in [0.4, 0.5) is 0 Å². The maximum Gasteiger partial charge on any atom is 0.203 e. The van der Waals surface area contributed by atoms with Crippen LogP contribution < -0.4 is 0 Å². The first-order valence-corrected chi connectivity index (χ1v) is 3.85. The molecule has 60 valence electrons. The lowest BCUT2D eigenvalue weighted by Crippen LogP contribution is -1.68. The third-order valence-electron chi connectivity index (χ3n) is 1.12. The number of hydrogen-bond acceptors (Lipinski definition) is 2. The van der Waals surface area contributed by atoms with Crippen LogP contribution in [-0.4, -0.2) is 0 Å². The predicted molar refractivity (Wildman–Crippen MR) is 44.1 cm³/mol. The van der Waals surface area contributed by atoms with Crippen molar-refractivity contribution in [2.75, 3.05) is 0 Å². The van der Waals surface area contributed by atoms with E-state index in [1.807, 2.05) is 32.9 Å². The molecule has 2 heteroatoms. The van der Waals surface area contributed by atoms with Gasteiger partial charge in [-0.05, 0) is 12.1 Å². The molecule has 1 heterocycles. The maximum atomic E-state index is 8.30. The summed E-state index contributed by atoms with van der Waals surface area (Å²) >= 11 is 0. The summed E-state index contributed by atoms with van der Waals surface area (Å²) in [6.45, 7) is 5.99. The maximum absolute atomic E-state index is 8.30. The van der Waals surface area contributed by atoms with Crippen molar-refractivity contribution >= 4 is 0 Å². The van der Waals surface area contributed by atoms with Gasteiger partial charge in [0.2, 0.25) is 5.76 Å². The van der Waals surface area contributed by atoms with Gasteiger partial charge in [0.25, 0.3) is 0 Å². The minimum absolute atomic E-state index is 0.395. The van der Waals surface area contributed by atoms with E-state index in [-0.39, 0.29) is 0 Å². The van der Waals surface area contributed by atoms with Gasteiger partial charge < -0.3 is 4.42 Å². The van der Waals surface area contributed by atoms with Crippen LogP contribution >= 0.6 is 0 Å². The molecule has 11 heavy (non-hydrogen) atoms. The fourth-order valence-corrected chi connectivity index (χ4v) is 0.628. The molecule has 0 aliphatic heterocycles. The molecule has 0 aromatic carbocycles. The molecular formula is C9H13NO. The van der Waals surface area contributed by atoms with Crippen LogP contribution in [0.15, 0.2) is 16.5 Å². The van der Waals surface area contributed by atoms with Gasteiger partial charge in [-0.15, -0.1) is 0 Å². The zero-order chi connectivity index (χ0) is 8.69. The fourth-order valence-electron chi connectivity index (χ4n) is 0.628. The van der Waals surface area contributed by atoms with Crippen molar-refractivity contribution in [1.29, 1.82) is 5.26 Å².